The van der Waals surface area contributed by atoms with Gasteiger partial charge in [0.15, 0.2) is 5.75 Å². The number of nitro benzene ring substituents is 1. The van der Waals surface area contributed by atoms with Gasteiger partial charge in [0, 0.05) is 36.4 Å². The minimum absolute atomic E-state index is 0.00275. The SMILES string of the molecule is CCN(c1ccc([N+](=O)[O-])c(OC)c1)C1CCC(N)CC1. The van der Waals surface area contributed by atoms with Crippen molar-refractivity contribution in [3.63, 3.8) is 0 Å². The third-order valence-corrected chi connectivity index (χ3v) is 4.21. The van der Waals surface area contributed by atoms with Crippen molar-refractivity contribution in [3.05, 3.63) is 28.3 Å². The molecule has 0 aliphatic heterocycles. The average molecular weight is 293 g/mol. The van der Waals surface area contributed by atoms with Gasteiger partial charge in [-0.05, 0) is 38.7 Å². The van der Waals surface area contributed by atoms with Crippen molar-refractivity contribution in [3.8, 4) is 5.75 Å². The maximum atomic E-state index is 11.0. The van der Waals surface area contributed by atoms with E-state index in [4.69, 9.17) is 10.5 Å². The van der Waals surface area contributed by atoms with E-state index in [1.54, 1.807) is 12.1 Å². The zero-order valence-electron chi connectivity index (χ0n) is 12.6. The molecule has 0 amide bonds. The number of methoxy groups -OCH3 is 1. The second kappa shape index (κ2) is 6.76. The number of ether oxygens (including phenoxy) is 1. The number of nitrogens with zero attached hydrogens (tertiary/aromatic N) is 2. The second-order valence-corrected chi connectivity index (χ2v) is 5.47. The van der Waals surface area contributed by atoms with Crippen LogP contribution in [0.3, 0.4) is 0 Å². The normalized spacial score (nSPS) is 21.9. The molecule has 1 aromatic carbocycles. The van der Waals surface area contributed by atoms with Crippen LogP contribution in [0.2, 0.25) is 0 Å². The molecular weight excluding hydrogens is 270 g/mol. The first-order valence-electron chi connectivity index (χ1n) is 7.41. The van der Waals surface area contributed by atoms with E-state index in [9.17, 15) is 10.1 Å². The molecule has 0 aromatic heterocycles. The van der Waals surface area contributed by atoms with Crippen LogP contribution in [-0.4, -0.2) is 30.7 Å². The van der Waals surface area contributed by atoms with Crippen LogP contribution >= 0.6 is 0 Å². The number of anilines is 1. The van der Waals surface area contributed by atoms with E-state index in [0.717, 1.165) is 37.9 Å². The number of benzene rings is 1. The Balaban J connectivity index is 2.24. The van der Waals surface area contributed by atoms with Gasteiger partial charge in [0.25, 0.3) is 0 Å². The molecule has 0 spiro atoms. The molecule has 0 saturated heterocycles. The number of nitrogens with two attached hydrogens (primary N) is 1. The van der Waals surface area contributed by atoms with Crippen LogP contribution in [0.5, 0.6) is 5.75 Å². The molecule has 1 saturated carbocycles. The summed E-state index contributed by atoms with van der Waals surface area (Å²) in [6.45, 7) is 2.96. The van der Waals surface area contributed by atoms with E-state index in [1.165, 1.54) is 13.2 Å². The van der Waals surface area contributed by atoms with Gasteiger partial charge in [-0.25, -0.2) is 0 Å². The lowest BCUT2D eigenvalue weighted by atomic mass is 9.90. The summed E-state index contributed by atoms with van der Waals surface area (Å²) in [6.07, 6.45) is 4.19. The summed E-state index contributed by atoms with van der Waals surface area (Å²) in [5.41, 5.74) is 6.94. The molecule has 1 fully saturated rings. The molecule has 21 heavy (non-hydrogen) atoms. The fourth-order valence-electron chi connectivity index (χ4n) is 3.06. The zero-order valence-corrected chi connectivity index (χ0v) is 12.6. The molecule has 1 aromatic rings. The predicted octanol–water partition coefficient (Wildman–Crippen LogP) is 2.70. The van der Waals surface area contributed by atoms with Crippen LogP contribution in [0.25, 0.3) is 0 Å². The number of nitro groups is 1. The molecule has 2 rings (SSSR count). The maximum absolute atomic E-state index is 11.0. The first-order valence-corrected chi connectivity index (χ1v) is 7.41. The Morgan fingerprint density at radius 2 is 2.05 bits per heavy atom. The molecule has 0 atom stereocenters. The molecule has 6 nitrogen and oxygen atoms in total. The van der Waals surface area contributed by atoms with Crippen molar-refractivity contribution in [1.82, 2.24) is 0 Å². The minimum Gasteiger partial charge on any atom is -0.490 e. The van der Waals surface area contributed by atoms with Crippen LogP contribution in [0.4, 0.5) is 11.4 Å². The molecule has 0 heterocycles. The Bertz CT molecular complexity index is 499. The highest BCUT2D eigenvalue weighted by Crippen LogP contribution is 2.34. The van der Waals surface area contributed by atoms with Gasteiger partial charge in [0.1, 0.15) is 0 Å². The molecule has 1 aliphatic carbocycles. The third-order valence-electron chi connectivity index (χ3n) is 4.21. The summed E-state index contributed by atoms with van der Waals surface area (Å²) in [4.78, 5) is 12.8. The van der Waals surface area contributed by atoms with Crippen molar-refractivity contribution in [2.45, 2.75) is 44.7 Å². The van der Waals surface area contributed by atoms with Crippen LogP contribution in [0, 0.1) is 10.1 Å². The van der Waals surface area contributed by atoms with Gasteiger partial charge in [-0.2, -0.15) is 0 Å². The quantitative estimate of drug-likeness (QED) is 0.666. The molecule has 0 unspecified atom stereocenters. The molecule has 2 N–H and O–H groups in total. The molecule has 116 valence electrons. The predicted molar refractivity (Wildman–Crippen MR) is 82.9 cm³/mol. The van der Waals surface area contributed by atoms with Crippen LogP contribution < -0.4 is 15.4 Å². The van der Waals surface area contributed by atoms with Gasteiger partial charge < -0.3 is 15.4 Å². The number of hydrogen-bond acceptors (Lipinski definition) is 5. The van der Waals surface area contributed by atoms with Gasteiger partial charge >= 0.3 is 5.69 Å². The van der Waals surface area contributed by atoms with E-state index in [0.29, 0.717) is 17.8 Å². The van der Waals surface area contributed by atoms with Crippen LogP contribution in [-0.2, 0) is 0 Å². The van der Waals surface area contributed by atoms with Gasteiger partial charge in [-0.15, -0.1) is 0 Å². The lowest BCUT2D eigenvalue weighted by Crippen LogP contribution is -2.40. The highest BCUT2D eigenvalue weighted by Gasteiger charge is 2.25. The Morgan fingerprint density at radius 3 is 2.57 bits per heavy atom. The first-order chi connectivity index (χ1) is 10.1. The highest BCUT2D eigenvalue weighted by molar-refractivity contribution is 5.59. The van der Waals surface area contributed by atoms with Gasteiger partial charge in [-0.3, -0.25) is 10.1 Å². The van der Waals surface area contributed by atoms with Crippen molar-refractivity contribution in [2.75, 3.05) is 18.6 Å². The largest absolute Gasteiger partial charge is 0.490 e. The fourth-order valence-corrected chi connectivity index (χ4v) is 3.06. The topological polar surface area (TPSA) is 81.6 Å². The zero-order chi connectivity index (χ0) is 15.4. The molecule has 0 bridgehead atoms. The summed E-state index contributed by atoms with van der Waals surface area (Å²) in [6, 6.07) is 5.84. The second-order valence-electron chi connectivity index (χ2n) is 5.47. The van der Waals surface area contributed by atoms with Crippen molar-refractivity contribution in [2.24, 2.45) is 5.73 Å². The monoisotopic (exact) mass is 293 g/mol. The standard InChI is InChI=1S/C15H23N3O3/c1-3-17(12-6-4-11(16)5-7-12)13-8-9-14(18(19)20)15(10-13)21-2/h8-12H,3-7,16H2,1-2H3. The van der Waals surface area contributed by atoms with Crippen molar-refractivity contribution >= 4 is 11.4 Å². The molecular formula is C15H23N3O3. The fraction of sp³-hybridized carbons (Fsp3) is 0.600. The Labute approximate surface area is 125 Å². The average Bonchev–Trinajstić information content (AvgIpc) is 2.49. The summed E-state index contributed by atoms with van der Waals surface area (Å²) >= 11 is 0. The van der Waals surface area contributed by atoms with Gasteiger partial charge in [-0.1, -0.05) is 0 Å². The Hall–Kier alpha value is -1.82. The number of hydrogen-bond donors (Lipinski definition) is 1. The van der Waals surface area contributed by atoms with E-state index in [-0.39, 0.29) is 5.69 Å². The lowest BCUT2D eigenvalue weighted by molar-refractivity contribution is -0.385. The minimum atomic E-state index is -0.418. The molecule has 1 aliphatic rings. The Kier molecular flexibility index (Phi) is 5.01. The van der Waals surface area contributed by atoms with E-state index in [1.807, 2.05) is 0 Å². The third kappa shape index (κ3) is 3.44. The summed E-state index contributed by atoms with van der Waals surface area (Å²) in [7, 11) is 1.46. The van der Waals surface area contributed by atoms with Gasteiger partial charge in [0.2, 0.25) is 0 Å². The van der Waals surface area contributed by atoms with Crippen molar-refractivity contribution < 1.29 is 9.66 Å². The summed E-state index contributed by atoms with van der Waals surface area (Å²) in [5.74, 6) is 0.309. The van der Waals surface area contributed by atoms with E-state index in [2.05, 4.69) is 11.8 Å². The van der Waals surface area contributed by atoms with E-state index < -0.39 is 4.92 Å². The first kappa shape index (κ1) is 15.6. The van der Waals surface area contributed by atoms with Gasteiger partial charge in [0.05, 0.1) is 12.0 Å². The summed E-state index contributed by atoms with van der Waals surface area (Å²) in [5, 5.41) is 11.0. The molecule has 0 radical (unpaired) electrons. The highest BCUT2D eigenvalue weighted by atomic mass is 16.6. The number of rotatable bonds is 5. The van der Waals surface area contributed by atoms with E-state index >= 15 is 0 Å². The Morgan fingerprint density at radius 1 is 1.38 bits per heavy atom. The lowest BCUT2D eigenvalue weighted by Gasteiger charge is -2.37. The summed E-state index contributed by atoms with van der Waals surface area (Å²) < 4.78 is 5.16. The van der Waals surface area contributed by atoms with Crippen molar-refractivity contribution in [1.29, 1.82) is 0 Å². The smallest absolute Gasteiger partial charge is 0.311 e. The van der Waals surface area contributed by atoms with Crippen LogP contribution in [0.15, 0.2) is 18.2 Å². The molecule has 6 heteroatoms. The van der Waals surface area contributed by atoms with Crippen LogP contribution in [0.1, 0.15) is 32.6 Å². The maximum Gasteiger partial charge on any atom is 0.311 e.